The Balaban J connectivity index is 2.24. The van der Waals surface area contributed by atoms with E-state index in [9.17, 15) is 4.79 Å². The van der Waals surface area contributed by atoms with E-state index in [1.807, 2.05) is 30.5 Å². The van der Waals surface area contributed by atoms with Gasteiger partial charge in [-0.05, 0) is 30.3 Å². The second kappa shape index (κ2) is 3.34. The summed E-state index contributed by atoms with van der Waals surface area (Å²) in [7, 11) is 0. The SMILES string of the molecule is O=c1ccc2cc(-n3cccn3)ccc2[nH]1. The van der Waals surface area contributed by atoms with Gasteiger partial charge in [-0.1, -0.05) is 0 Å². The minimum absolute atomic E-state index is 0.0839. The molecule has 4 nitrogen and oxygen atoms in total. The topological polar surface area (TPSA) is 50.7 Å². The Morgan fingerprint density at radius 1 is 1.19 bits per heavy atom. The molecule has 78 valence electrons. The summed E-state index contributed by atoms with van der Waals surface area (Å²) in [4.78, 5) is 13.9. The largest absolute Gasteiger partial charge is 0.322 e. The van der Waals surface area contributed by atoms with Crippen LogP contribution in [0.4, 0.5) is 0 Å². The Hall–Kier alpha value is -2.36. The van der Waals surface area contributed by atoms with Gasteiger partial charge in [-0.2, -0.15) is 5.10 Å². The van der Waals surface area contributed by atoms with E-state index in [1.165, 1.54) is 6.07 Å². The number of pyridine rings is 1. The third kappa shape index (κ3) is 1.40. The summed E-state index contributed by atoms with van der Waals surface area (Å²) < 4.78 is 1.78. The monoisotopic (exact) mass is 211 g/mol. The van der Waals surface area contributed by atoms with Gasteiger partial charge in [-0.25, -0.2) is 4.68 Å². The average Bonchev–Trinajstić information content (AvgIpc) is 2.82. The highest BCUT2D eigenvalue weighted by atomic mass is 16.1. The van der Waals surface area contributed by atoms with E-state index in [0.717, 1.165) is 16.6 Å². The van der Waals surface area contributed by atoms with Gasteiger partial charge >= 0.3 is 0 Å². The fourth-order valence-electron chi connectivity index (χ4n) is 1.71. The highest BCUT2D eigenvalue weighted by Gasteiger charge is 1.99. The fourth-order valence-corrected chi connectivity index (χ4v) is 1.71. The first kappa shape index (κ1) is 8.91. The van der Waals surface area contributed by atoms with Crippen LogP contribution in [0.3, 0.4) is 0 Å². The molecule has 0 saturated carbocycles. The highest BCUT2D eigenvalue weighted by molar-refractivity contribution is 5.80. The molecule has 0 aliphatic heterocycles. The van der Waals surface area contributed by atoms with Crippen molar-refractivity contribution in [2.75, 3.05) is 0 Å². The van der Waals surface area contributed by atoms with Crippen LogP contribution in [0.15, 0.2) is 53.6 Å². The summed E-state index contributed by atoms with van der Waals surface area (Å²) in [5.74, 6) is 0. The normalized spacial score (nSPS) is 10.8. The minimum Gasteiger partial charge on any atom is -0.322 e. The van der Waals surface area contributed by atoms with Gasteiger partial charge in [0.1, 0.15) is 0 Å². The molecule has 0 aliphatic carbocycles. The van der Waals surface area contributed by atoms with Crippen molar-refractivity contribution in [3.8, 4) is 5.69 Å². The lowest BCUT2D eigenvalue weighted by Gasteiger charge is -2.03. The van der Waals surface area contributed by atoms with E-state index in [4.69, 9.17) is 0 Å². The van der Waals surface area contributed by atoms with Crippen molar-refractivity contribution in [1.29, 1.82) is 0 Å². The summed E-state index contributed by atoms with van der Waals surface area (Å²) in [6.07, 6.45) is 3.61. The maximum atomic E-state index is 11.1. The Labute approximate surface area is 91.2 Å². The molecule has 0 aliphatic rings. The minimum atomic E-state index is -0.0839. The van der Waals surface area contributed by atoms with E-state index < -0.39 is 0 Å². The standard InChI is InChI=1S/C12H9N3O/c16-12-5-2-9-8-10(3-4-11(9)14-12)15-7-1-6-13-15/h1-8H,(H,14,16). The summed E-state index contributed by atoms with van der Waals surface area (Å²) >= 11 is 0. The molecule has 2 aromatic heterocycles. The molecule has 0 spiro atoms. The van der Waals surface area contributed by atoms with E-state index in [-0.39, 0.29) is 5.56 Å². The number of hydrogen-bond donors (Lipinski definition) is 1. The van der Waals surface area contributed by atoms with E-state index in [2.05, 4.69) is 10.1 Å². The van der Waals surface area contributed by atoms with Gasteiger partial charge in [-0.15, -0.1) is 0 Å². The number of aromatic amines is 1. The first-order chi connectivity index (χ1) is 7.83. The van der Waals surface area contributed by atoms with E-state index >= 15 is 0 Å². The maximum absolute atomic E-state index is 11.1. The van der Waals surface area contributed by atoms with Gasteiger partial charge in [0.25, 0.3) is 0 Å². The van der Waals surface area contributed by atoms with Crippen molar-refractivity contribution >= 4 is 10.9 Å². The molecule has 0 radical (unpaired) electrons. The lowest BCUT2D eigenvalue weighted by Crippen LogP contribution is -2.02. The average molecular weight is 211 g/mol. The van der Waals surface area contributed by atoms with E-state index in [1.54, 1.807) is 16.9 Å². The molecule has 4 heteroatoms. The lowest BCUT2D eigenvalue weighted by atomic mass is 10.2. The Morgan fingerprint density at radius 2 is 2.12 bits per heavy atom. The van der Waals surface area contributed by atoms with Crippen molar-refractivity contribution < 1.29 is 0 Å². The van der Waals surface area contributed by atoms with Crippen LogP contribution in [0.5, 0.6) is 0 Å². The number of fused-ring (bicyclic) bond motifs is 1. The summed E-state index contributed by atoms with van der Waals surface area (Å²) in [6, 6.07) is 11.0. The lowest BCUT2D eigenvalue weighted by molar-refractivity contribution is 0.882. The second-order valence-electron chi connectivity index (χ2n) is 3.54. The van der Waals surface area contributed by atoms with Crippen molar-refractivity contribution in [3.63, 3.8) is 0 Å². The van der Waals surface area contributed by atoms with Crippen LogP contribution < -0.4 is 5.56 Å². The predicted molar refractivity (Wildman–Crippen MR) is 61.7 cm³/mol. The van der Waals surface area contributed by atoms with Crippen LogP contribution in [0, 0.1) is 0 Å². The number of hydrogen-bond acceptors (Lipinski definition) is 2. The zero-order valence-corrected chi connectivity index (χ0v) is 8.42. The van der Waals surface area contributed by atoms with Gasteiger partial charge in [0.2, 0.25) is 5.56 Å². The number of rotatable bonds is 1. The number of aromatic nitrogens is 3. The van der Waals surface area contributed by atoms with Gasteiger partial charge < -0.3 is 4.98 Å². The molecule has 0 atom stereocenters. The summed E-state index contributed by atoms with van der Waals surface area (Å²) in [5.41, 5.74) is 1.73. The van der Waals surface area contributed by atoms with Crippen LogP contribution in [0.1, 0.15) is 0 Å². The molecule has 0 amide bonds. The molecule has 3 aromatic rings. The van der Waals surface area contributed by atoms with E-state index in [0.29, 0.717) is 0 Å². The third-order valence-corrected chi connectivity index (χ3v) is 2.48. The number of benzene rings is 1. The fraction of sp³-hybridized carbons (Fsp3) is 0. The smallest absolute Gasteiger partial charge is 0.248 e. The van der Waals surface area contributed by atoms with Crippen LogP contribution in [-0.4, -0.2) is 14.8 Å². The van der Waals surface area contributed by atoms with Crippen LogP contribution in [-0.2, 0) is 0 Å². The van der Waals surface area contributed by atoms with Gasteiger partial charge in [0.15, 0.2) is 0 Å². The quantitative estimate of drug-likeness (QED) is 0.666. The maximum Gasteiger partial charge on any atom is 0.248 e. The van der Waals surface area contributed by atoms with Crippen molar-refractivity contribution in [2.45, 2.75) is 0 Å². The second-order valence-corrected chi connectivity index (χ2v) is 3.54. The Morgan fingerprint density at radius 3 is 2.94 bits per heavy atom. The molecule has 2 heterocycles. The Kier molecular flexibility index (Phi) is 1.86. The summed E-state index contributed by atoms with van der Waals surface area (Å²) in [5, 5.41) is 5.15. The van der Waals surface area contributed by atoms with Crippen molar-refractivity contribution in [2.24, 2.45) is 0 Å². The van der Waals surface area contributed by atoms with Gasteiger partial charge in [0, 0.05) is 29.4 Å². The molecule has 0 bridgehead atoms. The molecular weight excluding hydrogens is 202 g/mol. The molecule has 0 saturated heterocycles. The molecule has 1 aromatic carbocycles. The molecule has 1 N–H and O–H groups in total. The zero-order chi connectivity index (χ0) is 11.0. The number of H-pyrrole nitrogens is 1. The van der Waals surface area contributed by atoms with Crippen LogP contribution in [0.25, 0.3) is 16.6 Å². The third-order valence-electron chi connectivity index (χ3n) is 2.48. The highest BCUT2D eigenvalue weighted by Crippen LogP contribution is 2.14. The molecule has 0 fully saturated rings. The molecule has 3 rings (SSSR count). The number of nitrogens with zero attached hydrogens (tertiary/aromatic N) is 2. The first-order valence-electron chi connectivity index (χ1n) is 4.96. The zero-order valence-electron chi connectivity index (χ0n) is 8.42. The molecule has 16 heavy (non-hydrogen) atoms. The van der Waals surface area contributed by atoms with Gasteiger partial charge in [-0.3, -0.25) is 4.79 Å². The molecule has 0 unspecified atom stereocenters. The van der Waals surface area contributed by atoms with Crippen LogP contribution in [0.2, 0.25) is 0 Å². The predicted octanol–water partition coefficient (Wildman–Crippen LogP) is 1.71. The first-order valence-corrected chi connectivity index (χ1v) is 4.96. The van der Waals surface area contributed by atoms with Gasteiger partial charge in [0.05, 0.1) is 5.69 Å². The molecular formula is C12H9N3O. The number of nitrogens with one attached hydrogen (secondary N) is 1. The van der Waals surface area contributed by atoms with Crippen LogP contribution >= 0.6 is 0 Å². The van der Waals surface area contributed by atoms with Crippen molar-refractivity contribution in [1.82, 2.24) is 14.8 Å². The summed E-state index contributed by atoms with van der Waals surface area (Å²) in [6.45, 7) is 0. The van der Waals surface area contributed by atoms with Crippen molar-refractivity contribution in [3.05, 3.63) is 59.1 Å². The Bertz CT molecular complexity index is 683.